The van der Waals surface area contributed by atoms with Crippen LogP contribution in [0.5, 0.6) is 0 Å². The predicted octanol–water partition coefficient (Wildman–Crippen LogP) is 3.51. The lowest BCUT2D eigenvalue weighted by Gasteiger charge is -2.46. The van der Waals surface area contributed by atoms with E-state index in [0.29, 0.717) is 22.5 Å². The van der Waals surface area contributed by atoms with E-state index < -0.39 is 0 Å². The molecule has 0 unspecified atom stereocenters. The van der Waals surface area contributed by atoms with Crippen molar-refractivity contribution >= 4 is 29.2 Å². The topological polar surface area (TPSA) is 129 Å². The standard InChI is InChI=1S/C22H28N10S/c1-21(2)10-16(11-22(3,4)29-21)25-18-14(12-23)13-24-19(27-18)26-15-7-6-8-17(9-15)32-20(33-5)28-30-31-32/h6-9,13,16,29H,10-11H2,1-5H3,(H2,24,25,26,27). The van der Waals surface area contributed by atoms with Gasteiger partial charge in [-0.3, -0.25) is 0 Å². The Hall–Kier alpha value is -3.23. The molecule has 0 amide bonds. The Morgan fingerprint density at radius 3 is 2.67 bits per heavy atom. The van der Waals surface area contributed by atoms with Gasteiger partial charge in [-0.05, 0) is 75.4 Å². The van der Waals surface area contributed by atoms with E-state index in [9.17, 15) is 5.26 Å². The van der Waals surface area contributed by atoms with Crippen molar-refractivity contribution in [2.75, 3.05) is 16.9 Å². The number of aromatic nitrogens is 6. The highest BCUT2D eigenvalue weighted by atomic mass is 32.2. The van der Waals surface area contributed by atoms with Crippen LogP contribution >= 0.6 is 11.8 Å². The Morgan fingerprint density at radius 1 is 1.21 bits per heavy atom. The molecule has 3 aromatic rings. The first-order valence-electron chi connectivity index (χ1n) is 10.7. The highest BCUT2D eigenvalue weighted by Crippen LogP contribution is 2.31. The highest BCUT2D eigenvalue weighted by Gasteiger charge is 2.38. The van der Waals surface area contributed by atoms with E-state index in [1.807, 2.05) is 30.5 Å². The maximum Gasteiger partial charge on any atom is 0.229 e. The molecule has 0 saturated carbocycles. The second kappa shape index (κ2) is 8.96. The lowest BCUT2D eigenvalue weighted by atomic mass is 9.79. The molecule has 11 heteroatoms. The Morgan fingerprint density at radius 2 is 1.97 bits per heavy atom. The molecule has 2 aromatic heterocycles. The molecule has 0 radical (unpaired) electrons. The fourth-order valence-corrected chi connectivity index (χ4v) is 5.00. The van der Waals surface area contributed by atoms with E-state index in [0.717, 1.165) is 24.2 Å². The molecule has 0 bridgehead atoms. The molecular formula is C22H28N10S. The molecule has 0 aliphatic carbocycles. The third-order valence-corrected chi connectivity index (χ3v) is 6.03. The summed E-state index contributed by atoms with van der Waals surface area (Å²) in [5.74, 6) is 0.942. The van der Waals surface area contributed by atoms with Crippen LogP contribution in [-0.4, -0.2) is 53.6 Å². The Labute approximate surface area is 197 Å². The number of rotatable bonds is 6. The summed E-state index contributed by atoms with van der Waals surface area (Å²) < 4.78 is 1.67. The molecule has 1 saturated heterocycles. The van der Waals surface area contributed by atoms with E-state index in [4.69, 9.17) is 0 Å². The number of hydrogen-bond donors (Lipinski definition) is 3. The van der Waals surface area contributed by atoms with Crippen LogP contribution in [0, 0.1) is 11.3 Å². The molecule has 172 valence electrons. The van der Waals surface area contributed by atoms with Gasteiger partial charge in [0.2, 0.25) is 11.1 Å². The molecule has 33 heavy (non-hydrogen) atoms. The van der Waals surface area contributed by atoms with Crippen LogP contribution in [0.3, 0.4) is 0 Å². The maximum atomic E-state index is 9.60. The second-order valence-corrected chi connectivity index (χ2v) is 10.2. The van der Waals surface area contributed by atoms with Gasteiger partial charge in [-0.2, -0.15) is 14.9 Å². The third kappa shape index (κ3) is 5.40. The summed E-state index contributed by atoms with van der Waals surface area (Å²) >= 11 is 1.47. The van der Waals surface area contributed by atoms with Gasteiger partial charge < -0.3 is 16.0 Å². The number of tetrazole rings is 1. The minimum atomic E-state index is -0.0212. The van der Waals surface area contributed by atoms with Crippen LogP contribution in [0.1, 0.15) is 46.1 Å². The summed E-state index contributed by atoms with van der Waals surface area (Å²) in [5.41, 5.74) is 1.98. The van der Waals surface area contributed by atoms with Crippen LogP contribution in [0.15, 0.2) is 35.6 Å². The van der Waals surface area contributed by atoms with Gasteiger partial charge in [0.15, 0.2) is 0 Å². The summed E-state index contributed by atoms with van der Waals surface area (Å²) in [5, 5.41) is 32.5. The molecule has 3 heterocycles. The number of thioether (sulfide) groups is 1. The quantitative estimate of drug-likeness (QED) is 0.466. The fraction of sp³-hybridized carbons (Fsp3) is 0.455. The van der Waals surface area contributed by atoms with Gasteiger partial charge in [-0.25, -0.2) is 4.98 Å². The largest absolute Gasteiger partial charge is 0.366 e. The first-order valence-corrected chi connectivity index (χ1v) is 11.9. The Balaban J connectivity index is 1.57. The zero-order valence-corrected chi connectivity index (χ0v) is 20.2. The van der Waals surface area contributed by atoms with Crippen LogP contribution in [-0.2, 0) is 0 Å². The second-order valence-electron chi connectivity index (χ2n) is 9.46. The van der Waals surface area contributed by atoms with Crippen LogP contribution in [0.25, 0.3) is 5.69 Å². The van der Waals surface area contributed by atoms with Crippen molar-refractivity contribution in [2.24, 2.45) is 0 Å². The van der Waals surface area contributed by atoms with Crippen LogP contribution in [0.2, 0.25) is 0 Å². The average Bonchev–Trinajstić information content (AvgIpc) is 3.21. The van der Waals surface area contributed by atoms with Crippen molar-refractivity contribution in [3.8, 4) is 11.8 Å². The normalized spacial score (nSPS) is 17.3. The minimum Gasteiger partial charge on any atom is -0.366 e. The molecule has 3 N–H and O–H groups in total. The number of nitriles is 1. The van der Waals surface area contributed by atoms with Crippen molar-refractivity contribution in [1.29, 1.82) is 5.26 Å². The lowest BCUT2D eigenvalue weighted by Crippen LogP contribution is -2.60. The zero-order valence-electron chi connectivity index (χ0n) is 19.4. The van der Waals surface area contributed by atoms with E-state index in [2.05, 4.69) is 75.2 Å². The van der Waals surface area contributed by atoms with E-state index in [1.54, 1.807) is 10.9 Å². The van der Waals surface area contributed by atoms with Crippen molar-refractivity contribution in [2.45, 2.75) is 62.8 Å². The van der Waals surface area contributed by atoms with Crippen LogP contribution in [0.4, 0.5) is 17.5 Å². The van der Waals surface area contributed by atoms with Crippen molar-refractivity contribution in [1.82, 2.24) is 35.5 Å². The van der Waals surface area contributed by atoms with Crippen molar-refractivity contribution in [3.05, 3.63) is 36.0 Å². The number of piperidine rings is 1. The number of nitrogens with zero attached hydrogens (tertiary/aromatic N) is 7. The predicted molar refractivity (Wildman–Crippen MR) is 129 cm³/mol. The summed E-state index contributed by atoms with van der Waals surface area (Å²) in [6.07, 6.45) is 5.31. The molecule has 1 aliphatic heterocycles. The third-order valence-electron chi connectivity index (χ3n) is 5.41. The molecule has 4 rings (SSSR count). The molecule has 1 aliphatic rings. The first-order chi connectivity index (χ1) is 15.7. The summed E-state index contributed by atoms with van der Waals surface area (Å²) in [6, 6.07) is 10.0. The average molecular weight is 465 g/mol. The van der Waals surface area contributed by atoms with Gasteiger partial charge in [0, 0.05) is 22.8 Å². The minimum absolute atomic E-state index is 0.0212. The lowest BCUT2D eigenvalue weighted by molar-refractivity contribution is 0.170. The van der Waals surface area contributed by atoms with Crippen molar-refractivity contribution < 1.29 is 0 Å². The highest BCUT2D eigenvalue weighted by molar-refractivity contribution is 7.98. The fourth-order valence-electron chi connectivity index (χ4n) is 4.56. The maximum absolute atomic E-state index is 9.60. The van der Waals surface area contributed by atoms with Gasteiger partial charge in [0.25, 0.3) is 0 Å². The van der Waals surface area contributed by atoms with Gasteiger partial charge in [0.05, 0.1) is 11.9 Å². The number of hydrogen-bond acceptors (Lipinski definition) is 10. The number of nitrogens with one attached hydrogen (secondary N) is 3. The Kier molecular flexibility index (Phi) is 6.23. The van der Waals surface area contributed by atoms with Gasteiger partial charge in [-0.15, -0.1) is 5.10 Å². The molecule has 1 aromatic carbocycles. The molecular weight excluding hydrogens is 436 g/mol. The Bertz CT molecular complexity index is 1160. The van der Waals surface area contributed by atoms with E-state index in [1.165, 1.54) is 11.8 Å². The summed E-state index contributed by atoms with van der Waals surface area (Å²) in [4.78, 5) is 8.96. The monoisotopic (exact) mass is 464 g/mol. The molecule has 0 atom stereocenters. The SMILES string of the molecule is CSc1nnnn1-c1cccc(Nc2ncc(C#N)c(NC3CC(C)(C)NC(C)(C)C3)n2)c1. The molecule has 0 spiro atoms. The van der Waals surface area contributed by atoms with Gasteiger partial charge >= 0.3 is 0 Å². The van der Waals surface area contributed by atoms with Crippen LogP contribution < -0.4 is 16.0 Å². The van der Waals surface area contributed by atoms with Crippen molar-refractivity contribution in [3.63, 3.8) is 0 Å². The van der Waals surface area contributed by atoms with Gasteiger partial charge in [-0.1, -0.05) is 17.8 Å². The van der Waals surface area contributed by atoms with E-state index in [-0.39, 0.29) is 17.1 Å². The molecule has 1 fully saturated rings. The first kappa shape index (κ1) is 22.9. The number of anilines is 3. The summed E-state index contributed by atoms with van der Waals surface area (Å²) in [7, 11) is 0. The summed E-state index contributed by atoms with van der Waals surface area (Å²) in [6.45, 7) is 8.78. The smallest absolute Gasteiger partial charge is 0.229 e. The number of benzene rings is 1. The zero-order chi connectivity index (χ0) is 23.6. The van der Waals surface area contributed by atoms with E-state index >= 15 is 0 Å². The molecule has 10 nitrogen and oxygen atoms in total. The van der Waals surface area contributed by atoms with Gasteiger partial charge in [0.1, 0.15) is 17.5 Å².